The zero-order chi connectivity index (χ0) is 16.1. The molecule has 0 saturated carbocycles. The Morgan fingerprint density at radius 2 is 1.90 bits per heavy atom. The van der Waals surface area contributed by atoms with Crippen molar-refractivity contribution in [1.29, 1.82) is 0 Å². The molecule has 3 heteroatoms. The van der Waals surface area contributed by atoms with Crippen molar-refractivity contribution < 1.29 is 14.6 Å². The van der Waals surface area contributed by atoms with Crippen molar-refractivity contribution in [3.63, 3.8) is 0 Å². The number of carbonyl (C=O) groups excluding carboxylic acids is 1. The molecule has 1 rings (SSSR count). The molecule has 0 aliphatic rings. The van der Waals surface area contributed by atoms with Gasteiger partial charge in [0, 0.05) is 18.6 Å². The lowest BCUT2D eigenvalue weighted by Gasteiger charge is -2.15. The molecule has 114 valence electrons. The Morgan fingerprint density at radius 3 is 2.38 bits per heavy atom. The van der Waals surface area contributed by atoms with Gasteiger partial charge < -0.3 is 9.84 Å². The van der Waals surface area contributed by atoms with Crippen LogP contribution >= 0.6 is 0 Å². The lowest BCUT2D eigenvalue weighted by atomic mass is 10.1. The average molecular weight is 288 g/mol. The van der Waals surface area contributed by atoms with Gasteiger partial charge in [-0.15, -0.1) is 0 Å². The SMILES string of the molecule is C=C/C(C=O)=C\C=C(\Oc1ccccc1)C(C)CC.CO. The van der Waals surface area contributed by atoms with Crippen LogP contribution in [0.5, 0.6) is 5.75 Å². The van der Waals surface area contributed by atoms with Gasteiger partial charge in [0.15, 0.2) is 0 Å². The van der Waals surface area contributed by atoms with Crippen LogP contribution in [0.1, 0.15) is 20.3 Å². The fraction of sp³-hybridized carbons (Fsp3) is 0.278. The Labute approximate surface area is 127 Å². The van der Waals surface area contributed by atoms with Crippen molar-refractivity contribution in [1.82, 2.24) is 0 Å². The monoisotopic (exact) mass is 288 g/mol. The average Bonchev–Trinajstić information content (AvgIpc) is 2.56. The number of rotatable bonds is 7. The summed E-state index contributed by atoms with van der Waals surface area (Å²) in [6.07, 6.45) is 6.84. The van der Waals surface area contributed by atoms with Gasteiger partial charge in [-0.3, -0.25) is 4.79 Å². The normalized spacial score (nSPS) is 12.8. The van der Waals surface area contributed by atoms with Gasteiger partial charge in [0.05, 0.1) is 0 Å². The molecule has 1 N–H and O–H groups in total. The second kappa shape index (κ2) is 11.7. The summed E-state index contributed by atoms with van der Waals surface area (Å²) in [4.78, 5) is 10.7. The molecule has 1 aromatic rings. The summed E-state index contributed by atoms with van der Waals surface area (Å²) in [5, 5.41) is 7.00. The van der Waals surface area contributed by atoms with Crippen LogP contribution in [0.3, 0.4) is 0 Å². The molecule has 0 spiro atoms. The van der Waals surface area contributed by atoms with Crippen LogP contribution in [0.25, 0.3) is 0 Å². The largest absolute Gasteiger partial charge is 0.461 e. The molecule has 0 fully saturated rings. The van der Waals surface area contributed by atoms with Crippen molar-refractivity contribution in [2.45, 2.75) is 20.3 Å². The highest BCUT2D eigenvalue weighted by molar-refractivity contribution is 5.77. The Kier molecular flexibility index (Phi) is 10.5. The third-order valence-electron chi connectivity index (χ3n) is 2.89. The molecular formula is C18H24O3. The molecule has 0 aromatic heterocycles. The fourth-order valence-electron chi connectivity index (χ4n) is 1.46. The van der Waals surface area contributed by atoms with Crippen LogP contribution < -0.4 is 4.74 Å². The molecule has 3 nitrogen and oxygen atoms in total. The third kappa shape index (κ3) is 7.28. The van der Waals surface area contributed by atoms with E-state index in [9.17, 15) is 4.79 Å². The van der Waals surface area contributed by atoms with E-state index in [-0.39, 0.29) is 5.92 Å². The molecule has 1 aromatic carbocycles. The number of para-hydroxylation sites is 1. The zero-order valence-electron chi connectivity index (χ0n) is 13.0. The molecule has 21 heavy (non-hydrogen) atoms. The Morgan fingerprint density at radius 1 is 1.29 bits per heavy atom. The van der Waals surface area contributed by atoms with Gasteiger partial charge in [-0.25, -0.2) is 0 Å². The van der Waals surface area contributed by atoms with Crippen LogP contribution in [0, 0.1) is 5.92 Å². The first-order chi connectivity index (χ1) is 10.2. The van der Waals surface area contributed by atoms with E-state index in [4.69, 9.17) is 9.84 Å². The quantitative estimate of drug-likeness (QED) is 0.358. The van der Waals surface area contributed by atoms with Crippen molar-refractivity contribution in [2.75, 3.05) is 7.11 Å². The van der Waals surface area contributed by atoms with E-state index in [1.165, 1.54) is 6.08 Å². The van der Waals surface area contributed by atoms with E-state index in [2.05, 4.69) is 20.4 Å². The minimum absolute atomic E-state index is 0.286. The summed E-state index contributed by atoms with van der Waals surface area (Å²) in [6.45, 7) is 7.79. The summed E-state index contributed by atoms with van der Waals surface area (Å²) in [5.74, 6) is 1.93. The molecule has 0 bridgehead atoms. The minimum Gasteiger partial charge on any atom is -0.461 e. The summed E-state index contributed by atoms with van der Waals surface area (Å²) in [5.41, 5.74) is 0.539. The number of carbonyl (C=O) groups is 1. The first-order valence-electron chi connectivity index (χ1n) is 6.88. The lowest BCUT2D eigenvalue weighted by molar-refractivity contribution is -0.104. The number of benzene rings is 1. The highest BCUT2D eigenvalue weighted by atomic mass is 16.5. The highest BCUT2D eigenvalue weighted by Gasteiger charge is 2.08. The predicted molar refractivity (Wildman–Crippen MR) is 87.1 cm³/mol. The van der Waals surface area contributed by atoms with E-state index in [0.717, 1.165) is 31.3 Å². The van der Waals surface area contributed by atoms with Gasteiger partial charge in [0.2, 0.25) is 0 Å². The lowest BCUT2D eigenvalue weighted by Crippen LogP contribution is -2.05. The maximum Gasteiger partial charge on any atom is 0.150 e. The van der Waals surface area contributed by atoms with Gasteiger partial charge in [-0.1, -0.05) is 44.7 Å². The number of aliphatic hydroxyl groups is 1. The van der Waals surface area contributed by atoms with E-state index in [1.54, 1.807) is 6.08 Å². The maximum absolute atomic E-state index is 10.7. The van der Waals surface area contributed by atoms with Crippen LogP contribution in [0.4, 0.5) is 0 Å². The second-order valence-electron chi connectivity index (χ2n) is 4.28. The molecular weight excluding hydrogens is 264 g/mol. The third-order valence-corrected chi connectivity index (χ3v) is 2.89. The number of aliphatic hydroxyl groups excluding tert-OH is 1. The molecule has 0 radical (unpaired) electrons. The maximum atomic E-state index is 10.7. The number of hydrogen-bond donors (Lipinski definition) is 1. The van der Waals surface area contributed by atoms with Crippen LogP contribution in [-0.2, 0) is 4.79 Å². The van der Waals surface area contributed by atoms with E-state index in [1.807, 2.05) is 36.4 Å². The van der Waals surface area contributed by atoms with Gasteiger partial charge >= 0.3 is 0 Å². The first-order valence-corrected chi connectivity index (χ1v) is 6.88. The fourth-order valence-corrected chi connectivity index (χ4v) is 1.46. The summed E-state index contributed by atoms with van der Waals surface area (Å²) >= 11 is 0. The second-order valence-corrected chi connectivity index (χ2v) is 4.28. The predicted octanol–water partition coefficient (Wildman–Crippen LogP) is 3.92. The van der Waals surface area contributed by atoms with Crippen molar-refractivity contribution in [3.05, 3.63) is 66.5 Å². The number of ether oxygens (including phenoxy) is 1. The van der Waals surface area contributed by atoms with E-state index >= 15 is 0 Å². The van der Waals surface area contributed by atoms with Crippen LogP contribution in [-0.4, -0.2) is 18.5 Å². The number of allylic oxidation sites excluding steroid dienone is 5. The molecule has 0 aliphatic carbocycles. The number of aldehydes is 1. The summed E-state index contributed by atoms with van der Waals surface area (Å²) < 4.78 is 5.87. The van der Waals surface area contributed by atoms with Crippen molar-refractivity contribution in [3.8, 4) is 5.75 Å². The standard InChI is InChI=1S/C17H20O2.CH4O/c1-4-14(3)17(12-11-15(5-2)13-18)19-16-9-7-6-8-10-16;1-2/h5-14H,2,4H2,1,3H3;2H,1H3/b15-11+,17-12+;. The van der Waals surface area contributed by atoms with Gasteiger partial charge in [0.1, 0.15) is 17.8 Å². The van der Waals surface area contributed by atoms with Crippen molar-refractivity contribution >= 4 is 6.29 Å². The summed E-state index contributed by atoms with van der Waals surface area (Å²) in [7, 11) is 1.00. The number of hydrogen-bond acceptors (Lipinski definition) is 3. The minimum atomic E-state index is 0.286. The Balaban J connectivity index is 0.00000191. The smallest absolute Gasteiger partial charge is 0.150 e. The van der Waals surface area contributed by atoms with Crippen LogP contribution in [0.15, 0.2) is 66.5 Å². The molecule has 0 aliphatic heterocycles. The molecule has 0 heterocycles. The Bertz CT molecular complexity index is 462. The molecule has 1 unspecified atom stereocenters. The van der Waals surface area contributed by atoms with Crippen molar-refractivity contribution in [2.24, 2.45) is 5.92 Å². The topological polar surface area (TPSA) is 46.5 Å². The Hall–Kier alpha value is -2.13. The van der Waals surface area contributed by atoms with Gasteiger partial charge in [0.25, 0.3) is 0 Å². The van der Waals surface area contributed by atoms with Crippen LogP contribution in [0.2, 0.25) is 0 Å². The van der Waals surface area contributed by atoms with E-state index < -0.39 is 0 Å². The zero-order valence-corrected chi connectivity index (χ0v) is 13.0. The van der Waals surface area contributed by atoms with Gasteiger partial charge in [-0.2, -0.15) is 0 Å². The molecule has 0 saturated heterocycles. The first kappa shape index (κ1) is 18.9. The molecule has 0 amide bonds. The summed E-state index contributed by atoms with van der Waals surface area (Å²) in [6, 6.07) is 9.63. The van der Waals surface area contributed by atoms with E-state index in [0.29, 0.717) is 5.57 Å². The molecule has 1 atom stereocenters. The van der Waals surface area contributed by atoms with Gasteiger partial charge in [-0.05, 0) is 30.7 Å². The highest BCUT2D eigenvalue weighted by Crippen LogP contribution is 2.20.